The number of aryl methyl sites for hydroxylation is 1. The molecule has 0 unspecified atom stereocenters. The van der Waals surface area contributed by atoms with Crippen LogP contribution in [0.3, 0.4) is 0 Å². The monoisotopic (exact) mass is 367 g/mol. The minimum Gasteiger partial charge on any atom is -0.368 e. The van der Waals surface area contributed by atoms with Crippen LogP contribution in [0.4, 0.5) is 11.5 Å². The van der Waals surface area contributed by atoms with Gasteiger partial charge < -0.3 is 14.7 Å². The number of hydrogen-bond acceptors (Lipinski definition) is 5. The first-order valence-electron chi connectivity index (χ1n) is 9.74. The molecule has 0 radical (unpaired) electrons. The fourth-order valence-electron chi connectivity index (χ4n) is 3.35. The van der Waals surface area contributed by atoms with Crippen LogP contribution >= 0.6 is 0 Å². The molecule has 0 spiro atoms. The summed E-state index contributed by atoms with van der Waals surface area (Å²) in [5.74, 6) is 1.46. The van der Waals surface area contributed by atoms with Gasteiger partial charge in [0.15, 0.2) is 0 Å². The number of unbranched alkanes of at least 4 members (excludes halogenated alkanes) is 1. The number of amides is 1. The Morgan fingerprint density at radius 1 is 1.07 bits per heavy atom. The topological polar surface area (TPSA) is 52.6 Å². The minimum absolute atomic E-state index is 0.0295. The number of anilines is 2. The number of aromatic nitrogens is 2. The number of para-hydroxylation sites is 1. The van der Waals surface area contributed by atoms with Gasteiger partial charge in [0.2, 0.25) is 0 Å². The smallest absolute Gasteiger partial charge is 0.272 e. The van der Waals surface area contributed by atoms with E-state index in [2.05, 4.69) is 51.0 Å². The van der Waals surface area contributed by atoms with Gasteiger partial charge in [0.1, 0.15) is 17.3 Å². The van der Waals surface area contributed by atoms with Gasteiger partial charge >= 0.3 is 0 Å². The Morgan fingerprint density at radius 2 is 1.74 bits per heavy atom. The largest absolute Gasteiger partial charge is 0.368 e. The fraction of sp³-hybridized carbons (Fsp3) is 0.476. The molecule has 27 heavy (non-hydrogen) atoms. The quantitative estimate of drug-likeness (QED) is 0.786. The number of carbonyl (C=O) groups excluding carboxylic acids is 1. The van der Waals surface area contributed by atoms with Gasteiger partial charge in [-0.2, -0.15) is 0 Å². The summed E-state index contributed by atoms with van der Waals surface area (Å²) in [4.78, 5) is 28.0. The molecule has 0 atom stereocenters. The maximum absolute atomic E-state index is 12.7. The number of piperazine rings is 1. The molecule has 2 aromatic rings. The van der Waals surface area contributed by atoms with E-state index in [0.717, 1.165) is 51.4 Å². The van der Waals surface area contributed by atoms with Crippen molar-refractivity contribution in [2.45, 2.75) is 26.7 Å². The molecule has 0 N–H and O–H groups in total. The van der Waals surface area contributed by atoms with Crippen molar-refractivity contribution < 1.29 is 4.79 Å². The van der Waals surface area contributed by atoms with Crippen molar-refractivity contribution in [2.75, 3.05) is 49.6 Å². The van der Waals surface area contributed by atoms with Gasteiger partial charge in [0.05, 0.1) is 0 Å². The molecule has 1 aliphatic rings. The Bertz CT molecular complexity index is 756. The zero-order valence-corrected chi connectivity index (χ0v) is 16.6. The van der Waals surface area contributed by atoms with Crippen LogP contribution in [0.2, 0.25) is 0 Å². The molecule has 144 valence electrons. The Kier molecular flexibility index (Phi) is 6.27. The Hall–Kier alpha value is -2.63. The number of carbonyl (C=O) groups is 1. The van der Waals surface area contributed by atoms with Crippen molar-refractivity contribution in [1.82, 2.24) is 14.9 Å². The molecule has 6 nitrogen and oxygen atoms in total. The van der Waals surface area contributed by atoms with Crippen LogP contribution < -0.4 is 9.80 Å². The first-order chi connectivity index (χ1) is 13.1. The molecule has 0 saturated carbocycles. The molecule has 2 heterocycles. The van der Waals surface area contributed by atoms with E-state index in [4.69, 9.17) is 0 Å². The summed E-state index contributed by atoms with van der Waals surface area (Å²) in [6, 6.07) is 12.3. The van der Waals surface area contributed by atoms with Crippen LogP contribution in [0.15, 0.2) is 36.4 Å². The second-order valence-corrected chi connectivity index (χ2v) is 7.05. The average Bonchev–Trinajstić information content (AvgIpc) is 2.71. The molecule has 1 aromatic carbocycles. The van der Waals surface area contributed by atoms with Gasteiger partial charge in [-0.05, 0) is 25.5 Å². The van der Waals surface area contributed by atoms with Crippen molar-refractivity contribution in [3.8, 4) is 0 Å². The molecule has 1 aromatic heterocycles. The molecule has 6 heteroatoms. The lowest BCUT2D eigenvalue weighted by molar-refractivity contribution is 0.0787. The zero-order chi connectivity index (χ0) is 19.2. The highest BCUT2D eigenvalue weighted by atomic mass is 16.2. The number of nitrogens with zero attached hydrogens (tertiary/aromatic N) is 5. The lowest BCUT2D eigenvalue weighted by Crippen LogP contribution is -2.47. The van der Waals surface area contributed by atoms with E-state index in [-0.39, 0.29) is 5.91 Å². The van der Waals surface area contributed by atoms with E-state index >= 15 is 0 Å². The molecule has 1 saturated heterocycles. The summed E-state index contributed by atoms with van der Waals surface area (Å²) in [5, 5.41) is 0. The number of hydrogen-bond donors (Lipinski definition) is 0. The van der Waals surface area contributed by atoms with E-state index in [1.165, 1.54) is 5.69 Å². The molecule has 0 aliphatic carbocycles. The summed E-state index contributed by atoms with van der Waals surface area (Å²) >= 11 is 0. The SMILES string of the molecule is CCCCN(C)C(=O)c1cc(N2CCN(c3ccccc3)CC2)nc(C)n1. The fourth-order valence-corrected chi connectivity index (χ4v) is 3.35. The Morgan fingerprint density at radius 3 is 2.41 bits per heavy atom. The van der Waals surface area contributed by atoms with E-state index in [1.807, 2.05) is 26.1 Å². The molecule has 0 bridgehead atoms. The minimum atomic E-state index is -0.0295. The maximum atomic E-state index is 12.7. The standard InChI is InChI=1S/C21H29N5O/c1-4-5-11-24(3)21(27)19-16-20(23-17(2)22-19)26-14-12-25(13-15-26)18-9-7-6-8-10-18/h6-10,16H,4-5,11-15H2,1-3H3. The molecule has 1 aliphatic heterocycles. The third-order valence-electron chi connectivity index (χ3n) is 4.96. The van der Waals surface area contributed by atoms with Crippen molar-refractivity contribution in [3.05, 3.63) is 47.9 Å². The van der Waals surface area contributed by atoms with E-state index in [9.17, 15) is 4.79 Å². The third-order valence-corrected chi connectivity index (χ3v) is 4.96. The second-order valence-electron chi connectivity index (χ2n) is 7.05. The van der Waals surface area contributed by atoms with E-state index in [0.29, 0.717) is 11.5 Å². The second kappa shape index (κ2) is 8.84. The van der Waals surface area contributed by atoms with Crippen LogP contribution in [-0.4, -0.2) is 60.5 Å². The number of rotatable bonds is 6. The molecule has 3 rings (SSSR count). The Balaban J connectivity index is 1.69. The summed E-state index contributed by atoms with van der Waals surface area (Å²) < 4.78 is 0. The Labute approximate surface area is 161 Å². The van der Waals surface area contributed by atoms with Crippen LogP contribution in [0, 0.1) is 6.92 Å². The van der Waals surface area contributed by atoms with Gasteiger partial charge in [-0.1, -0.05) is 31.5 Å². The summed E-state index contributed by atoms with van der Waals surface area (Å²) in [6.07, 6.45) is 2.07. The lowest BCUT2D eigenvalue weighted by atomic mass is 10.2. The third kappa shape index (κ3) is 4.76. The van der Waals surface area contributed by atoms with Gasteiger partial charge in [-0.25, -0.2) is 9.97 Å². The van der Waals surface area contributed by atoms with Crippen molar-refractivity contribution in [1.29, 1.82) is 0 Å². The van der Waals surface area contributed by atoms with Crippen LogP contribution in [0.25, 0.3) is 0 Å². The first-order valence-corrected chi connectivity index (χ1v) is 9.74. The maximum Gasteiger partial charge on any atom is 0.272 e. The first kappa shape index (κ1) is 19.1. The highest BCUT2D eigenvalue weighted by molar-refractivity contribution is 5.92. The van der Waals surface area contributed by atoms with Crippen LogP contribution in [-0.2, 0) is 0 Å². The highest BCUT2D eigenvalue weighted by Crippen LogP contribution is 2.20. The molecular formula is C21H29N5O. The van der Waals surface area contributed by atoms with Crippen molar-refractivity contribution in [2.24, 2.45) is 0 Å². The summed E-state index contributed by atoms with van der Waals surface area (Å²) in [7, 11) is 1.84. The van der Waals surface area contributed by atoms with Crippen LogP contribution in [0.5, 0.6) is 0 Å². The predicted octanol–water partition coefficient (Wildman–Crippen LogP) is 2.98. The van der Waals surface area contributed by atoms with Crippen molar-refractivity contribution >= 4 is 17.4 Å². The van der Waals surface area contributed by atoms with Gasteiger partial charge in [0.25, 0.3) is 5.91 Å². The predicted molar refractivity (Wildman–Crippen MR) is 110 cm³/mol. The van der Waals surface area contributed by atoms with Gasteiger partial charge in [-0.15, -0.1) is 0 Å². The molecule has 1 fully saturated rings. The van der Waals surface area contributed by atoms with Gasteiger partial charge in [-0.3, -0.25) is 4.79 Å². The summed E-state index contributed by atoms with van der Waals surface area (Å²) in [5.41, 5.74) is 1.74. The molecular weight excluding hydrogens is 338 g/mol. The van der Waals surface area contributed by atoms with Gasteiger partial charge in [0, 0.05) is 51.5 Å². The van der Waals surface area contributed by atoms with E-state index < -0.39 is 0 Å². The normalized spacial score (nSPS) is 14.3. The lowest BCUT2D eigenvalue weighted by Gasteiger charge is -2.36. The summed E-state index contributed by atoms with van der Waals surface area (Å²) in [6.45, 7) is 8.37. The zero-order valence-electron chi connectivity index (χ0n) is 16.6. The van der Waals surface area contributed by atoms with Crippen LogP contribution in [0.1, 0.15) is 36.1 Å². The highest BCUT2D eigenvalue weighted by Gasteiger charge is 2.21. The van der Waals surface area contributed by atoms with E-state index in [1.54, 1.807) is 4.90 Å². The average molecular weight is 367 g/mol. The van der Waals surface area contributed by atoms with Crippen molar-refractivity contribution in [3.63, 3.8) is 0 Å². The number of benzene rings is 1. The molecule has 1 amide bonds.